The number of aromatic nitrogens is 1. The lowest BCUT2D eigenvalue weighted by molar-refractivity contribution is 0.0998. The molecule has 0 aliphatic rings. The number of nitrogens with zero attached hydrogens (tertiary/aromatic N) is 2. The van der Waals surface area contributed by atoms with Gasteiger partial charge in [0.05, 0.1) is 5.56 Å². The molecule has 6 heteroatoms. The Hall–Kier alpha value is -2.94. The zero-order valence-electron chi connectivity index (χ0n) is 12.1. The van der Waals surface area contributed by atoms with Crippen LogP contribution in [0.15, 0.2) is 35.3 Å². The number of halogens is 1. The summed E-state index contributed by atoms with van der Waals surface area (Å²) in [7, 11) is 0. The highest BCUT2D eigenvalue weighted by molar-refractivity contribution is 5.94. The van der Waals surface area contributed by atoms with Crippen molar-refractivity contribution in [1.82, 2.24) is 4.57 Å². The summed E-state index contributed by atoms with van der Waals surface area (Å²) in [4.78, 5) is 24.0. The largest absolute Gasteiger partial charge is 0.365 e. The average Bonchev–Trinajstić information content (AvgIpc) is 2.47. The van der Waals surface area contributed by atoms with Crippen LogP contribution < -0.4 is 11.2 Å². The van der Waals surface area contributed by atoms with Gasteiger partial charge in [-0.15, -0.1) is 0 Å². The van der Waals surface area contributed by atoms with E-state index < -0.39 is 17.2 Å². The minimum absolute atomic E-state index is 0.0486. The fourth-order valence-corrected chi connectivity index (χ4v) is 2.21. The molecule has 0 unspecified atom stereocenters. The van der Waals surface area contributed by atoms with E-state index in [1.807, 2.05) is 19.9 Å². The molecule has 1 amide bonds. The minimum Gasteiger partial charge on any atom is -0.365 e. The molecule has 0 fully saturated rings. The van der Waals surface area contributed by atoms with Crippen molar-refractivity contribution in [3.05, 3.63) is 57.8 Å². The van der Waals surface area contributed by atoms with Crippen LogP contribution in [0.3, 0.4) is 0 Å². The number of nitriles is 1. The maximum absolute atomic E-state index is 13.1. The van der Waals surface area contributed by atoms with Crippen molar-refractivity contribution in [2.75, 3.05) is 0 Å². The van der Waals surface area contributed by atoms with Gasteiger partial charge in [0, 0.05) is 12.2 Å². The number of benzene rings is 1. The van der Waals surface area contributed by atoms with Crippen LogP contribution in [-0.2, 0) is 0 Å². The SMILES string of the molecule is CC(C)n1cc(C(N)=O)c(=O)c(-c2ccc(F)cc2)c1C#N. The van der Waals surface area contributed by atoms with Crippen molar-refractivity contribution in [1.29, 1.82) is 5.26 Å². The molecule has 1 aromatic carbocycles. The molecular weight excluding hydrogens is 285 g/mol. The smallest absolute Gasteiger partial charge is 0.254 e. The normalized spacial score (nSPS) is 10.5. The summed E-state index contributed by atoms with van der Waals surface area (Å²) >= 11 is 0. The second kappa shape index (κ2) is 5.82. The molecule has 0 spiro atoms. The number of hydrogen-bond acceptors (Lipinski definition) is 3. The zero-order chi connectivity index (χ0) is 16.4. The Kier molecular flexibility index (Phi) is 4.08. The van der Waals surface area contributed by atoms with Crippen LogP contribution in [0.4, 0.5) is 4.39 Å². The van der Waals surface area contributed by atoms with E-state index in [9.17, 15) is 19.2 Å². The Morgan fingerprint density at radius 1 is 1.32 bits per heavy atom. The summed E-state index contributed by atoms with van der Waals surface area (Å²) in [5.74, 6) is -1.33. The standard InChI is InChI=1S/C16H14FN3O2/c1-9(2)20-8-12(16(19)22)15(21)14(13(20)7-18)10-3-5-11(17)6-4-10/h3-6,8-9H,1-2H3,(H2,19,22). The quantitative estimate of drug-likeness (QED) is 0.942. The van der Waals surface area contributed by atoms with Gasteiger partial charge < -0.3 is 10.3 Å². The highest BCUT2D eigenvalue weighted by Gasteiger charge is 2.20. The van der Waals surface area contributed by atoms with Gasteiger partial charge in [0.1, 0.15) is 23.1 Å². The van der Waals surface area contributed by atoms with Gasteiger partial charge in [-0.3, -0.25) is 9.59 Å². The van der Waals surface area contributed by atoms with Gasteiger partial charge >= 0.3 is 0 Å². The summed E-state index contributed by atoms with van der Waals surface area (Å²) in [5, 5.41) is 9.42. The van der Waals surface area contributed by atoms with E-state index in [2.05, 4.69) is 0 Å². The highest BCUT2D eigenvalue weighted by atomic mass is 19.1. The van der Waals surface area contributed by atoms with Crippen LogP contribution in [0, 0.1) is 17.1 Å². The number of primary amides is 1. The van der Waals surface area contributed by atoms with Crippen molar-refractivity contribution in [2.45, 2.75) is 19.9 Å². The molecule has 112 valence electrons. The van der Waals surface area contributed by atoms with Gasteiger partial charge in [-0.2, -0.15) is 5.26 Å². The number of carbonyl (C=O) groups is 1. The average molecular weight is 299 g/mol. The maximum atomic E-state index is 13.1. The molecule has 2 N–H and O–H groups in total. The van der Waals surface area contributed by atoms with Crippen molar-refractivity contribution in [2.24, 2.45) is 5.73 Å². The lowest BCUT2D eigenvalue weighted by Crippen LogP contribution is -2.27. The lowest BCUT2D eigenvalue weighted by Gasteiger charge is -2.17. The van der Waals surface area contributed by atoms with E-state index in [1.165, 1.54) is 35.0 Å². The molecule has 0 radical (unpaired) electrons. The third-order valence-electron chi connectivity index (χ3n) is 3.30. The van der Waals surface area contributed by atoms with Gasteiger partial charge in [0.15, 0.2) is 0 Å². The van der Waals surface area contributed by atoms with E-state index in [0.29, 0.717) is 5.56 Å². The van der Waals surface area contributed by atoms with E-state index in [-0.39, 0.29) is 22.9 Å². The molecule has 2 aromatic rings. The molecular formula is C16H14FN3O2. The van der Waals surface area contributed by atoms with Crippen molar-refractivity contribution in [3.63, 3.8) is 0 Å². The number of pyridine rings is 1. The predicted octanol–water partition coefficient (Wildman–Crippen LogP) is 2.21. The molecule has 1 aromatic heterocycles. The van der Waals surface area contributed by atoms with Crippen LogP contribution in [0.5, 0.6) is 0 Å². The van der Waals surface area contributed by atoms with E-state index >= 15 is 0 Å². The molecule has 2 rings (SSSR count). The van der Waals surface area contributed by atoms with Crippen molar-refractivity contribution < 1.29 is 9.18 Å². The first-order chi connectivity index (χ1) is 10.4. The lowest BCUT2D eigenvalue weighted by atomic mass is 10.00. The zero-order valence-corrected chi connectivity index (χ0v) is 12.1. The molecule has 0 bridgehead atoms. The molecule has 5 nitrogen and oxygen atoms in total. The van der Waals surface area contributed by atoms with Crippen LogP contribution >= 0.6 is 0 Å². The monoisotopic (exact) mass is 299 g/mol. The summed E-state index contributed by atoms with van der Waals surface area (Å²) in [5.41, 5.74) is 4.94. The molecule has 0 saturated heterocycles. The summed E-state index contributed by atoms with van der Waals surface area (Å²) in [6, 6.07) is 6.98. The predicted molar refractivity (Wildman–Crippen MR) is 79.7 cm³/mol. The highest BCUT2D eigenvalue weighted by Crippen LogP contribution is 2.23. The topological polar surface area (TPSA) is 88.9 Å². The first kappa shape index (κ1) is 15.4. The van der Waals surface area contributed by atoms with Gasteiger partial charge in [-0.05, 0) is 31.5 Å². The summed E-state index contributed by atoms with van der Waals surface area (Å²) in [6.45, 7) is 3.62. The third-order valence-corrected chi connectivity index (χ3v) is 3.30. The summed E-state index contributed by atoms with van der Waals surface area (Å²) in [6.07, 6.45) is 1.29. The van der Waals surface area contributed by atoms with Gasteiger partial charge in [0.2, 0.25) is 5.43 Å². The Morgan fingerprint density at radius 3 is 2.36 bits per heavy atom. The van der Waals surface area contributed by atoms with Gasteiger partial charge in [-0.1, -0.05) is 12.1 Å². The van der Waals surface area contributed by atoms with Crippen LogP contribution in [0.1, 0.15) is 35.9 Å². The van der Waals surface area contributed by atoms with Crippen LogP contribution in [-0.4, -0.2) is 10.5 Å². The second-order valence-corrected chi connectivity index (χ2v) is 5.08. The first-order valence-electron chi connectivity index (χ1n) is 6.61. The molecule has 0 aliphatic heterocycles. The number of carbonyl (C=O) groups excluding carboxylic acids is 1. The van der Waals surface area contributed by atoms with Gasteiger partial charge in [-0.25, -0.2) is 4.39 Å². The second-order valence-electron chi connectivity index (χ2n) is 5.08. The van der Waals surface area contributed by atoms with Crippen molar-refractivity contribution >= 4 is 5.91 Å². The number of rotatable bonds is 3. The van der Waals surface area contributed by atoms with E-state index in [4.69, 9.17) is 5.73 Å². The Bertz CT molecular complexity index is 830. The van der Waals surface area contributed by atoms with E-state index in [0.717, 1.165) is 0 Å². The molecule has 0 saturated carbocycles. The maximum Gasteiger partial charge on any atom is 0.254 e. The summed E-state index contributed by atoms with van der Waals surface area (Å²) < 4.78 is 14.6. The van der Waals surface area contributed by atoms with E-state index in [1.54, 1.807) is 0 Å². The third kappa shape index (κ3) is 2.61. The number of nitrogens with two attached hydrogens (primary N) is 1. The Labute approximate surface area is 126 Å². The fourth-order valence-electron chi connectivity index (χ4n) is 2.21. The first-order valence-corrected chi connectivity index (χ1v) is 6.61. The Morgan fingerprint density at radius 2 is 1.91 bits per heavy atom. The van der Waals surface area contributed by atoms with Crippen LogP contribution in [0.2, 0.25) is 0 Å². The fraction of sp³-hybridized carbons (Fsp3) is 0.188. The molecule has 0 atom stereocenters. The number of amides is 1. The molecule has 22 heavy (non-hydrogen) atoms. The minimum atomic E-state index is -0.868. The molecule has 1 heterocycles. The molecule has 0 aliphatic carbocycles. The van der Waals surface area contributed by atoms with Crippen LogP contribution in [0.25, 0.3) is 11.1 Å². The van der Waals surface area contributed by atoms with Gasteiger partial charge in [0.25, 0.3) is 5.91 Å². The Balaban J connectivity index is 2.92. The van der Waals surface area contributed by atoms with Crippen molar-refractivity contribution in [3.8, 4) is 17.2 Å². The number of hydrogen-bond donors (Lipinski definition) is 1.